The third-order valence-electron chi connectivity index (χ3n) is 3.75. The molecule has 2 N–H and O–H groups in total. The van der Waals surface area contributed by atoms with Gasteiger partial charge in [0.05, 0.1) is 6.10 Å². The summed E-state index contributed by atoms with van der Waals surface area (Å²) in [7, 11) is 0. The third kappa shape index (κ3) is 1.85. The summed E-state index contributed by atoms with van der Waals surface area (Å²) in [5, 5.41) is 18.3. The van der Waals surface area contributed by atoms with Gasteiger partial charge in [-0.25, -0.2) is 0 Å². The zero-order chi connectivity index (χ0) is 10.2. The van der Waals surface area contributed by atoms with Crippen LogP contribution < -0.4 is 0 Å². The first-order valence-electron chi connectivity index (χ1n) is 4.75. The van der Waals surface area contributed by atoms with Crippen LogP contribution in [0.3, 0.4) is 0 Å². The predicted molar refractivity (Wildman–Crippen MR) is 49.3 cm³/mol. The van der Waals surface area contributed by atoms with Crippen LogP contribution in [0.1, 0.15) is 33.6 Å². The van der Waals surface area contributed by atoms with Crippen LogP contribution in [-0.4, -0.2) is 22.3 Å². The van der Waals surface area contributed by atoms with Crippen molar-refractivity contribution in [1.82, 2.24) is 0 Å². The van der Waals surface area contributed by atoms with Gasteiger partial charge in [-0.15, -0.1) is 0 Å². The molecule has 3 atom stereocenters. The Bertz CT molecular complexity index is 210. The zero-order valence-electron chi connectivity index (χ0n) is 8.45. The fourth-order valence-electron chi connectivity index (χ4n) is 2.22. The van der Waals surface area contributed by atoms with Gasteiger partial charge >= 0.3 is 5.97 Å². The number of carboxylic acid groups (broad SMARTS) is 1. The Balaban J connectivity index is 2.72. The van der Waals surface area contributed by atoms with E-state index in [1.807, 2.05) is 20.8 Å². The molecule has 0 heterocycles. The molecule has 0 bridgehead atoms. The second kappa shape index (κ2) is 3.29. The minimum atomic E-state index is -0.764. The third-order valence-corrected chi connectivity index (χ3v) is 3.75. The van der Waals surface area contributed by atoms with Crippen molar-refractivity contribution in [3.05, 3.63) is 0 Å². The van der Waals surface area contributed by atoms with Crippen molar-refractivity contribution in [2.75, 3.05) is 0 Å². The lowest BCUT2D eigenvalue weighted by Crippen LogP contribution is -2.27. The topological polar surface area (TPSA) is 57.5 Å². The minimum absolute atomic E-state index is 0.0577. The van der Waals surface area contributed by atoms with Crippen molar-refractivity contribution in [3.63, 3.8) is 0 Å². The molecule has 13 heavy (non-hydrogen) atoms. The summed E-state index contributed by atoms with van der Waals surface area (Å²) in [6.45, 7) is 6.08. The largest absolute Gasteiger partial charge is 0.481 e. The highest BCUT2D eigenvalue weighted by molar-refractivity contribution is 5.67. The lowest BCUT2D eigenvalue weighted by atomic mass is 9.75. The molecule has 0 radical (unpaired) electrons. The minimum Gasteiger partial charge on any atom is -0.481 e. The molecule has 1 fully saturated rings. The Kier molecular flexibility index (Phi) is 2.66. The van der Waals surface area contributed by atoms with Crippen molar-refractivity contribution < 1.29 is 15.0 Å². The number of rotatable bonds is 2. The van der Waals surface area contributed by atoms with Gasteiger partial charge in [0.1, 0.15) is 0 Å². The standard InChI is InChI=1S/C10H18O3/c1-6-8(11)4-7(5-9(12)13)10(6,2)3/h6-8,11H,4-5H2,1-3H3,(H,12,13)/t6?,7-,8-/m1/s1. The molecule has 1 aliphatic carbocycles. The van der Waals surface area contributed by atoms with Gasteiger partial charge in [-0.05, 0) is 23.7 Å². The van der Waals surface area contributed by atoms with Gasteiger partial charge in [-0.1, -0.05) is 20.8 Å². The predicted octanol–water partition coefficient (Wildman–Crippen LogP) is 1.50. The van der Waals surface area contributed by atoms with E-state index in [0.717, 1.165) is 0 Å². The number of carbonyl (C=O) groups is 1. The molecular formula is C10H18O3. The molecule has 0 saturated heterocycles. The molecular weight excluding hydrogens is 168 g/mol. The lowest BCUT2D eigenvalue weighted by molar-refractivity contribution is -0.139. The van der Waals surface area contributed by atoms with E-state index >= 15 is 0 Å². The van der Waals surface area contributed by atoms with Crippen molar-refractivity contribution in [2.24, 2.45) is 17.3 Å². The number of hydrogen-bond donors (Lipinski definition) is 2. The Labute approximate surface area is 78.8 Å². The summed E-state index contributed by atoms with van der Waals surface area (Å²) >= 11 is 0. The molecule has 76 valence electrons. The molecule has 3 heteroatoms. The second-order valence-electron chi connectivity index (χ2n) is 4.71. The van der Waals surface area contributed by atoms with Crippen LogP contribution in [0.4, 0.5) is 0 Å². The van der Waals surface area contributed by atoms with E-state index in [4.69, 9.17) is 5.11 Å². The Morgan fingerprint density at radius 1 is 1.54 bits per heavy atom. The number of hydrogen-bond acceptors (Lipinski definition) is 2. The normalized spacial score (nSPS) is 37.7. The van der Waals surface area contributed by atoms with Crippen LogP contribution >= 0.6 is 0 Å². The Hall–Kier alpha value is -0.570. The van der Waals surface area contributed by atoms with E-state index in [1.54, 1.807) is 0 Å². The highest BCUT2D eigenvalue weighted by atomic mass is 16.4. The van der Waals surface area contributed by atoms with Gasteiger partial charge in [0.2, 0.25) is 0 Å². The van der Waals surface area contributed by atoms with E-state index in [0.29, 0.717) is 6.42 Å². The molecule has 3 nitrogen and oxygen atoms in total. The summed E-state index contributed by atoms with van der Waals surface area (Å²) in [6, 6.07) is 0. The van der Waals surface area contributed by atoms with Crippen LogP contribution in [0.25, 0.3) is 0 Å². The average molecular weight is 186 g/mol. The van der Waals surface area contributed by atoms with Crippen LogP contribution in [0, 0.1) is 17.3 Å². The fraction of sp³-hybridized carbons (Fsp3) is 0.900. The van der Waals surface area contributed by atoms with Crippen LogP contribution in [-0.2, 0) is 4.79 Å². The van der Waals surface area contributed by atoms with Gasteiger partial charge in [0.15, 0.2) is 0 Å². The lowest BCUT2D eigenvalue weighted by Gasteiger charge is -2.30. The van der Waals surface area contributed by atoms with Crippen molar-refractivity contribution in [1.29, 1.82) is 0 Å². The highest BCUT2D eigenvalue weighted by Gasteiger charge is 2.46. The van der Waals surface area contributed by atoms with Gasteiger partial charge in [-0.2, -0.15) is 0 Å². The molecule has 0 aromatic rings. The summed E-state index contributed by atoms with van der Waals surface area (Å²) in [5.74, 6) is -0.466. The first-order valence-corrected chi connectivity index (χ1v) is 4.75. The van der Waals surface area contributed by atoms with E-state index in [1.165, 1.54) is 0 Å². The van der Waals surface area contributed by atoms with Crippen molar-refractivity contribution in [2.45, 2.75) is 39.7 Å². The Morgan fingerprint density at radius 3 is 2.38 bits per heavy atom. The molecule has 1 saturated carbocycles. The molecule has 0 aliphatic heterocycles. The van der Waals surface area contributed by atoms with E-state index in [9.17, 15) is 9.90 Å². The molecule has 1 unspecified atom stereocenters. The molecule has 1 aliphatic rings. The number of aliphatic carboxylic acids is 1. The first-order chi connectivity index (χ1) is 5.85. The van der Waals surface area contributed by atoms with Gasteiger partial charge in [0.25, 0.3) is 0 Å². The van der Waals surface area contributed by atoms with E-state index < -0.39 is 5.97 Å². The van der Waals surface area contributed by atoms with Crippen molar-refractivity contribution in [3.8, 4) is 0 Å². The first kappa shape index (κ1) is 10.5. The van der Waals surface area contributed by atoms with Crippen LogP contribution in [0.2, 0.25) is 0 Å². The van der Waals surface area contributed by atoms with Gasteiger partial charge in [-0.3, -0.25) is 4.79 Å². The molecule has 1 rings (SSSR count). The number of aliphatic hydroxyl groups excluding tert-OH is 1. The Morgan fingerprint density at radius 2 is 2.08 bits per heavy atom. The zero-order valence-corrected chi connectivity index (χ0v) is 8.45. The van der Waals surface area contributed by atoms with Gasteiger partial charge < -0.3 is 10.2 Å². The number of carboxylic acids is 1. The van der Waals surface area contributed by atoms with Crippen LogP contribution in [0.5, 0.6) is 0 Å². The summed E-state index contributed by atoms with van der Waals surface area (Å²) in [4.78, 5) is 10.6. The molecule has 0 spiro atoms. The summed E-state index contributed by atoms with van der Waals surface area (Å²) in [5.41, 5.74) is -0.0577. The SMILES string of the molecule is CC1[C@H](O)C[C@H](CC(=O)O)C1(C)C. The highest BCUT2D eigenvalue weighted by Crippen LogP contribution is 2.48. The monoisotopic (exact) mass is 186 g/mol. The van der Waals surface area contributed by atoms with E-state index in [2.05, 4.69) is 0 Å². The quantitative estimate of drug-likeness (QED) is 0.687. The second-order valence-corrected chi connectivity index (χ2v) is 4.71. The smallest absolute Gasteiger partial charge is 0.303 e. The van der Waals surface area contributed by atoms with Gasteiger partial charge in [0, 0.05) is 6.42 Å². The summed E-state index contributed by atoms with van der Waals surface area (Å²) in [6.07, 6.45) is 0.467. The maximum atomic E-state index is 10.6. The fourth-order valence-corrected chi connectivity index (χ4v) is 2.22. The maximum Gasteiger partial charge on any atom is 0.303 e. The number of aliphatic hydroxyl groups is 1. The van der Waals surface area contributed by atoms with Crippen molar-refractivity contribution >= 4 is 5.97 Å². The van der Waals surface area contributed by atoms with Crippen LogP contribution in [0.15, 0.2) is 0 Å². The summed E-state index contributed by atoms with van der Waals surface area (Å²) < 4.78 is 0. The maximum absolute atomic E-state index is 10.6. The molecule has 0 amide bonds. The molecule has 0 aromatic heterocycles. The average Bonchev–Trinajstić information content (AvgIpc) is 2.15. The molecule has 0 aromatic carbocycles. The van der Waals surface area contributed by atoms with E-state index in [-0.39, 0.29) is 29.8 Å².